The van der Waals surface area contributed by atoms with E-state index in [1.807, 2.05) is 13.8 Å². The Kier molecular flexibility index (Phi) is 5.03. The van der Waals surface area contributed by atoms with E-state index in [2.05, 4.69) is 4.98 Å². The van der Waals surface area contributed by atoms with Crippen LogP contribution >= 0.6 is 11.3 Å². The first kappa shape index (κ1) is 11.6. The molecular weight excluding hydrogens is 202 g/mol. The third kappa shape index (κ3) is 3.02. The lowest BCUT2D eigenvalue weighted by Crippen LogP contribution is -2.08. The Morgan fingerprint density at radius 3 is 2.50 bits per heavy atom. The van der Waals surface area contributed by atoms with Crippen LogP contribution in [-0.2, 0) is 16.1 Å². The second kappa shape index (κ2) is 6.08. The van der Waals surface area contributed by atoms with Crippen LogP contribution in [-0.4, -0.2) is 23.3 Å². The van der Waals surface area contributed by atoms with Gasteiger partial charge in [0.2, 0.25) is 6.29 Å². The van der Waals surface area contributed by atoms with Gasteiger partial charge in [0.15, 0.2) is 0 Å². The third-order valence-electron chi connectivity index (χ3n) is 1.57. The number of aromatic nitrogens is 1. The molecule has 0 saturated heterocycles. The summed E-state index contributed by atoms with van der Waals surface area (Å²) in [5.74, 6) is 0. The summed E-state index contributed by atoms with van der Waals surface area (Å²) in [7, 11) is 0. The quantitative estimate of drug-likeness (QED) is 0.737. The lowest BCUT2D eigenvalue weighted by Gasteiger charge is -2.13. The van der Waals surface area contributed by atoms with Crippen LogP contribution in [0.2, 0.25) is 0 Å². The number of aliphatic hydroxyl groups excluding tert-OH is 1. The van der Waals surface area contributed by atoms with Crippen molar-refractivity contribution < 1.29 is 14.6 Å². The summed E-state index contributed by atoms with van der Waals surface area (Å²) < 4.78 is 10.7. The van der Waals surface area contributed by atoms with Gasteiger partial charge < -0.3 is 14.6 Å². The molecule has 1 aromatic heterocycles. The van der Waals surface area contributed by atoms with Crippen molar-refractivity contribution in [3.63, 3.8) is 0 Å². The number of rotatable bonds is 6. The second-order valence-electron chi connectivity index (χ2n) is 2.58. The van der Waals surface area contributed by atoms with E-state index in [4.69, 9.17) is 14.6 Å². The fourth-order valence-electron chi connectivity index (χ4n) is 0.997. The molecule has 14 heavy (non-hydrogen) atoms. The van der Waals surface area contributed by atoms with E-state index in [-0.39, 0.29) is 6.61 Å². The van der Waals surface area contributed by atoms with Crippen LogP contribution < -0.4 is 0 Å². The van der Waals surface area contributed by atoms with Gasteiger partial charge in [-0.25, -0.2) is 4.98 Å². The SMILES string of the molecule is CCOC(OCC)c1nc(CO)cs1. The Labute approximate surface area is 87.5 Å². The molecule has 80 valence electrons. The molecule has 0 spiro atoms. The second-order valence-corrected chi connectivity index (χ2v) is 3.47. The number of ether oxygens (including phenoxy) is 2. The molecule has 0 aliphatic heterocycles. The number of thiazole rings is 1. The van der Waals surface area contributed by atoms with Crippen molar-refractivity contribution in [2.45, 2.75) is 26.7 Å². The molecule has 0 aliphatic carbocycles. The normalized spacial score (nSPS) is 11.1. The highest BCUT2D eigenvalue weighted by molar-refractivity contribution is 7.09. The minimum atomic E-state index is -0.393. The van der Waals surface area contributed by atoms with Gasteiger partial charge in [0.1, 0.15) is 5.01 Å². The molecule has 1 N–H and O–H groups in total. The van der Waals surface area contributed by atoms with Gasteiger partial charge in [-0.15, -0.1) is 11.3 Å². The lowest BCUT2D eigenvalue weighted by atomic mass is 10.5. The van der Waals surface area contributed by atoms with Crippen molar-refractivity contribution in [1.29, 1.82) is 0 Å². The van der Waals surface area contributed by atoms with E-state index in [1.54, 1.807) is 5.38 Å². The molecule has 0 saturated carbocycles. The minimum Gasteiger partial charge on any atom is -0.390 e. The van der Waals surface area contributed by atoms with Crippen molar-refractivity contribution >= 4 is 11.3 Å². The summed E-state index contributed by atoms with van der Waals surface area (Å²) in [5.41, 5.74) is 0.661. The largest absolute Gasteiger partial charge is 0.390 e. The van der Waals surface area contributed by atoms with Crippen molar-refractivity contribution in [2.75, 3.05) is 13.2 Å². The number of hydrogen-bond donors (Lipinski definition) is 1. The van der Waals surface area contributed by atoms with Gasteiger partial charge in [0.25, 0.3) is 0 Å². The van der Waals surface area contributed by atoms with Crippen molar-refractivity contribution in [3.8, 4) is 0 Å². The highest BCUT2D eigenvalue weighted by atomic mass is 32.1. The standard InChI is InChI=1S/C9H15NO3S/c1-3-12-9(13-4-2)8-10-7(5-11)6-14-8/h6,9,11H,3-5H2,1-2H3. The fraction of sp³-hybridized carbons (Fsp3) is 0.667. The maximum absolute atomic E-state index is 8.86. The average molecular weight is 217 g/mol. The predicted octanol–water partition coefficient (Wildman–Crippen LogP) is 1.71. The average Bonchev–Trinajstić information content (AvgIpc) is 2.65. The van der Waals surface area contributed by atoms with Gasteiger partial charge >= 0.3 is 0 Å². The molecule has 5 heteroatoms. The molecule has 0 aliphatic rings. The van der Waals surface area contributed by atoms with Crippen molar-refractivity contribution in [3.05, 3.63) is 16.1 Å². The van der Waals surface area contributed by atoms with E-state index in [9.17, 15) is 0 Å². The van der Waals surface area contributed by atoms with Crippen LogP contribution in [0.15, 0.2) is 5.38 Å². The van der Waals surface area contributed by atoms with Gasteiger partial charge in [0, 0.05) is 18.6 Å². The van der Waals surface area contributed by atoms with Crippen LogP contribution in [0.4, 0.5) is 0 Å². The van der Waals surface area contributed by atoms with Gasteiger partial charge in [0.05, 0.1) is 12.3 Å². The molecule has 0 unspecified atom stereocenters. The maximum atomic E-state index is 8.86. The minimum absolute atomic E-state index is 0.0402. The van der Waals surface area contributed by atoms with E-state index >= 15 is 0 Å². The zero-order chi connectivity index (χ0) is 10.4. The first-order valence-corrected chi connectivity index (χ1v) is 5.48. The summed E-state index contributed by atoms with van der Waals surface area (Å²) in [4.78, 5) is 4.18. The molecule has 0 bridgehead atoms. The Hall–Kier alpha value is -0.490. The van der Waals surface area contributed by atoms with Crippen molar-refractivity contribution in [1.82, 2.24) is 4.98 Å². The molecule has 0 fully saturated rings. The first-order chi connectivity index (χ1) is 6.81. The van der Waals surface area contributed by atoms with Gasteiger partial charge in [-0.05, 0) is 13.8 Å². The predicted molar refractivity (Wildman–Crippen MR) is 54.0 cm³/mol. The lowest BCUT2D eigenvalue weighted by molar-refractivity contribution is -0.140. The third-order valence-corrected chi connectivity index (χ3v) is 2.48. The monoisotopic (exact) mass is 217 g/mol. The van der Waals surface area contributed by atoms with E-state index in [0.29, 0.717) is 18.9 Å². The first-order valence-electron chi connectivity index (χ1n) is 4.60. The van der Waals surface area contributed by atoms with E-state index in [0.717, 1.165) is 5.01 Å². The summed E-state index contributed by atoms with van der Waals surface area (Å²) in [6.45, 7) is 4.94. The Bertz CT molecular complexity index is 258. The van der Waals surface area contributed by atoms with Crippen LogP contribution in [0.25, 0.3) is 0 Å². The molecule has 0 aromatic carbocycles. The zero-order valence-corrected chi connectivity index (χ0v) is 9.21. The van der Waals surface area contributed by atoms with Gasteiger partial charge in [-0.2, -0.15) is 0 Å². The van der Waals surface area contributed by atoms with Crippen LogP contribution in [0.1, 0.15) is 30.8 Å². The number of nitrogens with zero attached hydrogens (tertiary/aromatic N) is 1. The molecule has 0 amide bonds. The molecule has 4 nitrogen and oxygen atoms in total. The van der Waals surface area contributed by atoms with E-state index in [1.165, 1.54) is 11.3 Å². The van der Waals surface area contributed by atoms with Crippen molar-refractivity contribution in [2.24, 2.45) is 0 Å². The summed E-state index contributed by atoms with van der Waals surface area (Å²) >= 11 is 1.44. The maximum Gasteiger partial charge on any atom is 0.210 e. The van der Waals surface area contributed by atoms with E-state index < -0.39 is 6.29 Å². The molecule has 0 radical (unpaired) electrons. The summed E-state index contributed by atoms with van der Waals surface area (Å²) in [6, 6.07) is 0. The number of aliphatic hydroxyl groups is 1. The Morgan fingerprint density at radius 1 is 1.43 bits per heavy atom. The van der Waals surface area contributed by atoms with Crippen LogP contribution in [0, 0.1) is 0 Å². The molecule has 1 heterocycles. The highest BCUT2D eigenvalue weighted by Gasteiger charge is 2.15. The topological polar surface area (TPSA) is 51.6 Å². The zero-order valence-electron chi connectivity index (χ0n) is 8.40. The smallest absolute Gasteiger partial charge is 0.210 e. The van der Waals surface area contributed by atoms with Crippen LogP contribution in [0.3, 0.4) is 0 Å². The fourth-order valence-corrected chi connectivity index (χ4v) is 1.80. The van der Waals surface area contributed by atoms with Crippen LogP contribution in [0.5, 0.6) is 0 Å². The highest BCUT2D eigenvalue weighted by Crippen LogP contribution is 2.22. The Morgan fingerprint density at radius 2 is 2.07 bits per heavy atom. The molecular formula is C9H15NO3S. The van der Waals surface area contributed by atoms with Gasteiger partial charge in [-0.3, -0.25) is 0 Å². The molecule has 1 rings (SSSR count). The summed E-state index contributed by atoms with van der Waals surface area (Å²) in [6.07, 6.45) is -0.393. The molecule has 0 atom stereocenters. The van der Waals surface area contributed by atoms with Gasteiger partial charge in [-0.1, -0.05) is 0 Å². The molecule has 1 aromatic rings. The summed E-state index contributed by atoms with van der Waals surface area (Å²) in [5, 5.41) is 11.4. The number of hydrogen-bond acceptors (Lipinski definition) is 5. The Balaban J connectivity index is 2.65.